The first-order chi connectivity index (χ1) is 29.0. The number of nitrogens with one attached hydrogen (secondary N) is 2. The van der Waals surface area contributed by atoms with Crippen molar-refractivity contribution in [1.82, 2.24) is 39.7 Å². The van der Waals surface area contributed by atoms with Crippen molar-refractivity contribution in [2.45, 2.75) is 121 Å². The van der Waals surface area contributed by atoms with Crippen LogP contribution < -0.4 is 15.4 Å². The summed E-state index contributed by atoms with van der Waals surface area (Å²) in [5, 5.41) is 40.7. The van der Waals surface area contributed by atoms with E-state index in [9.17, 15) is 19.7 Å². The summed E-state index contributed by atoms with van der Waals surface area (Å²) in [4.78, 5) is 18.2. The van der Waals surface area contributed by atoms with Gasteiger partial charge in [0.25, 0.3) is 0 Å². The minimum atomic E-state index is -1.16. The number of nitrogens with zero attached hydrogens (tertiary/aromatic N) is 6. The molecule has 2 aliphatic carbocycles. The van der Waals surface area contributed by atoms with Crippen LogP contribution >= 0.6 is 0 Å². The molecule has 2 aromatic carbocycles. The molecule has 0 saturated heterocycles. The Morgan fingerprint density at radius 3 is 2.33 bits per heavy atom. The molecule has 6 heterocycles. The Morgan fingerprint density at radius 2 is 1.52 bits per heavy atom. The fourth-order valence-corrected chi connectivity index (χ4v) is 11.2. The normalized spacial score (nSPS) is 30.2. The van der Waals surface area contributed by atoms with E-state index in [1.165, 1.54) is 18.0 Å². The molecule has 11 atom stereocenters. The Bertz CT molecular complexity index is 2600. The highest BCUT2D eigenvalue weighted by Crippen LogP contribution is 2.45. The quantitative estimate of drug-likeness (QED) is 0.147. The maximum atomic E-state index is 15.7. The Hall–Kier alpha value is -4.86. The third-order valence-electron chi connectivity index (χ3n) is 14.4. The Labute approximate surface area is 347 Å². The monoisotopic (exact) mass is 819 g/mol. The van der Waals surface area contributed by atoms with E-state index >= 15 is 4.39 Å². The smallest absolute Gasteiger partial charge is 0.177 e. The molecule has 0 radical (unpaired) electrons. The second kappa shape index (κ2) is 15.2. The van der Waals surface area contributed by atoms with Gasteiger partial charge < -0.3 is 39.8 Å². The number of rotatable bonds is 8. The fraction of sp³-hybridized carbons (Fsp3) is 0.478. The summed E-state index contributed by atoms with van der Waals surface area (Å²) in [6, 6.07) is 9.73. The molecule has 2 saturated carbocycles. The van der Waals surface area contributed by atoms with Crippen LogP contribution in [0.1, 0.15) is 97.0 Å². The number of halogens is 2. The lowest BCUT2D eigenvalue weighted by molar-refractivity contribution is -0.0167. The zero-order valence-corrected chi connectivity index (χ0v) is 34.3. The Morgan fingerprint density at radius 1 is 0.800 bits per heavy atom. The molecule has 4 aliphatic rings. The van der Waals surface area contributed by atoms with Gasteiger partial charge in [-0.15, -0.1) is 0 Å². The number of hydrogen-bond donors (Lipinski definition) is 4. The van der Waals surface area contributed by atoms with E-state index < -0.39 is 24.4 Å². The van der Waals surface area contributed by atoms with E-state index in [0.717, 1.165) is 58.3 Å². The van der Waals surface area contributed by atoms with Gasteiger partial charge in [0.1, 0.15) is 65.7 Å². The maximum Gasteiger partial charge on any atom is 0.177 e. The summed E-state index contributed by atoms with van der Waals surface area (Å²) >= 11 is 0. The number of aryl methyl sites for hydroxylation is 1. The molecule has 0 spiro atoms. The summed E-state index contributed by atoms with van der Waals surface area (Å²) in [7, 11) is 0. The molecule has 14 heteroatoms. The lowest BCUT2D eigenvalue weighted by Crippen LogP contribution is -2.41. The predicted octanol–water partition coefficient (Wildman–Crippen LogP) is 5.43. The molecule has 6 N–H and O–H groups in total. The molecule has 2 fully saturated rings. The Kier molecular flexibility index (Phi) is 9.98. The van der Waals surface area contributed by atoms with E-state index in [4.69, 9.17) is 14.7 Å². The van der Waals surface area contributed by atoms with Crippen LogP contribution in [0.5, 0.6) is 5.75 Å². The summed E-state index contributed by atoms with van der Waals surface area (Å²) in [5.74, 6) is 0.452. The van der Waals surface area contributed by atoms with Gasteiger partial charge in [0, 0.05) is 65.6 Å². The number of aliphatic hydroxyl groups is 2. The van der Waals surface area contributed by atoms with Crippen molar-refractivity contribution >= 4 is 22.1 Å². The summed E-state index contributed by atoms with van der Waals surface area (Å²) in [5.41, 5.74) is 7.55. The molecule has 0 bridgehead atoms. The van der Waals surface area contributed by atoms with Gasteiger partial charge in [-0.05, 0) is 112 Å². The van der Waals surface area contributed by atoms with Crippen molar-refractivity contribution in [3.8, 4) is 5.75 Å². The first kappa shape index (κ1) is 39.3. The number of benzene rings is 2. The molecule has 12 nitrogen and oxygen atoms in total. The highest BCUT2D eigenvalue weighted by molar-refractivity contribution is 5.79. The predicted molar refractivity (Wildman–Crippen MR) is 223 cm³/mol. The second-order valence-corrected chi connectivity index (χ2v) is 17.7. The lowest BCUT2D eigenvalue weighted by Gasteiger charge is -2.33. The van der Waals surface area contributed by atoms with Crippen LogP contribution in [0.3, 0.4) is 0 Å². The van der Waals surface area contributed by atoms with Crippen LogP contribution in [-0.2, 0) is 25.7 Å². The number of aromatic nitrogens is 6. The van der Waals surface area contributed by atoms with Crippen molar-refractivity contribution in [3.63, 3.8) is 0 Å². The van der Waals surface area contributed by atoms with Crippen molar-refractivity contribution in [2.75, 3.05) is 6.54 Å². The number of ether oxygens (including phenoxy) is 1. The summed E-state index contributed by atoms with van der Waals surface area (Å²) < 4.78 is 41.1. The molecule has 0 amide bonds. The van der Waals surface area contributed by atoms with Crippen LogP contribution in [0.4, 0.5) is 8.78 Å². The van der Waals surface area contributed by atoms with Crippen LogP contribution in [0, 0.1) is 30.4 Å². The van der Waals surface area contributed by atoms with Crippen molar-refractivity contribution in [1.29, 1.82) is 0 Å². The average molecular weight is 820 g/mol. The van der Waals surface area contributed by atoms with E-state index in [0.29, 0.717) is 48.2 Å². The van der Waals surface area contributed by atoms with Gasteiger partial charge in [-0.2, -0.15) is 0 Å². The number of fused-ring (bicyclic) bond motifs is 4. The van der Waals surface area contributed by atoms with Gasteiger partial charge in [0.05, 0.1) is 17.4 Å². The zero-order chi connectivity index (χ0) is 41.6. The molecule has 6 aromatic rings. The molecule has 4 aromatic heterocycles. The first-order valence-corrected chi connectivity index (χ1v) is 21.4. The summed E-state index contributed by atoms with van der Waals surface area (Å²) in [6.07, 6.45) is 7.28. The SMILES string of the molecule is Cc1ncnc2c1ccn2[C@@H]1C[C@H](Oc2ccc(F)c3c2[C@@H](C)NC(Cc2ncnc4c2ccn4[C@@H]2C[C@H](Cc4ccc(F)c5c4[C@H](C)NCC5)[C@@H](C)C2[OH2+])C3)C(O)C1O. The third kappa shape index (κ3) is 6.49. The number of aliphatic hydroxyl groups excluding tert-OH is 2. The van der Waals surface area contributed by atoms with Gasteiger partial charge in [-0.3, -0.25) is 0 Å². The van der Waals surface area contributed by atoms with Gasteiger partial charge in [0.15, 0.2) is 6.10 Å². The van der Waals surface area contributed by atoms with Gasteiger partial charge in [0.2, 0.25) is 0 Å². The zero-order valence-electron chi connectivity index (χ0n) is 34.3. The summed E-state index contributed by atoms with van der Waals surface area (Å²) in [6.45, 7) is 8.96. The standard InChI is InChI=1S/C46H52F2N8O4/c1-22-27(15-26-5-6-33(47)30-9-12-49-24(3)40(26)30)16-36(42(22)57)55-14-11-31-35(51-21-53-46(31)55)18-28-17-32-34(48)7-8-38(41(32)25(4)54-28)60-39-19-37(43(58)44(39)59)56-13-10-29-23(2)50-20-52-45(29)56/h5-8,10-11,13-14,20-22,24-25,27-28,36-37,39,42-44,49,54,57-59H,9,12,15-19H2,1-4H3/p+1/t22-,24+,25-,27+,28?,36-,37-,39+,42?,43?,44?/m1/s1. The van der Waals surface area contributed by atoms with E-state index in [-0.39, 0.29) is 53.7 Å². The van der Waals surface area contributed by atoms with Crippen molar-refractivity contribution in [2.24, 2.45) is 11.8 Å². The van der Waals surface area contributed by atoms with Crippen molar-refractivity contribution in [3.05, 3.63) is 112 Å². The highest BCUT2D eigenvalue weighted by Gasteiger charge is 2.46. The molecule has 4 unspecified atom stereocenters. The largest absolute Gasteiger partial charge is 0.487 e. The van der Waals surface area contributed by atoms with Crippen LogP contribution in [0.15, 0.2) is 61.4 Å². The molecule has 60 heavy (non-hydrogen) atoms. The van der Waals surface area contributed by atoms with E-state index in [1.807, 2.05) is 49.0 Å². The third-order valence-corrected chi connectivity index (χ3v) is 14.4. The van der Waals surface area contributed by atoms with Crippen LogP contribution in [-0.4, -0.2) is 81.4 Å². The van der Waals surface area contributed by atoms with Crippen LogP contribution in [0.2, 0.25) is 0 Å². The maximum absolute atomic E-state index is 15.7. The van der Waals surface area contributed by atoms with E-state index in [1.54, 1.807) is 18.5 Å². The topological polar surface area (TPSA) is 158 Å². The van der Waals surface area contributed by atoms with E-state index in [2.05, 4.69) is 39.0 Å². The first-order valence-electron chi connectivity index (χ1n) is 21.4. The minimum absolute atomic E-state index is 0.0696. The average Bonchev–Trinajstić information content (AvgIpc) is 4.00. The van der Waals surface area contributed by atoms with Crippen molar-refractivity contribution < 1.29 is 28.8 Å². The second-order valence-electron chi connectivity index (χ2n) is 17.7. The number of hydrogen-bond acceptors (Lipinski definition) is 9. The molecule has 314 valence electrons. The Balaban J connectivity index is 0.857. The highest BCUT2D eigenvalue weighted by atomic mass is 19.1. The molecule has 10 rings (SSSR count). The molecule has 2 aliphatic heterocycles. The molecular formula is C46H53F2N8O4+. The fourth-order valence-electron chi connectivity index (χ4n) is 11.2. The van der Waals surface area contributed by atoms with Gasteiger partial charge in [-0.25, -0.2) is 28.7 Å². The lowest BCUT2D eigenvalue weighted by atomic mass is 9.83. The minimum Gasteiger partial charge on any atom is -0.487 e. The van der Waals surface area contributed by atoms with Crippen LogP contribution in [0.25, 0.3) is 22.1 Å². The molecular weight excluding hydrogens is 767 g/mol. The van der Waals surface area contributed by atoms with Gasteiger partial charge >= 0.3 is 0 Å². The van der Waals surface area contributed by atoms with Gasteiger partial charge in [-0.1, -0.05) is 13.0 Å².